The highest BCUT2D eigenvalue weighted by atomic mass is 35.5. The number of nitrogens with zero attached hydrogens (tertiary/aromatic N) is 3. The number of rotatable bonds is 2. The van der Waals surface area contributed by atoms with Crippen LogP contribution in [0.2, 0.25) is 5.02 Å². The summed E-state index contributed by atoms with van der Waals surface area (Å²) in [4.78, 5) is 32.9. The first kappa shape index (κ1) is 23.4. The molecule has 0 N–H and O–H groups in total. The Morgan fingerprint density at radius 3 is 2.54 bits per heavy atom. The predicted molar refractivity (Wildman–Crippen MR) is 136 cm³/mol. The number of amides is 1. The summed E-state index contributed by atoms with van der Waals surface area (Å²) in [5.74, 6) is -3.45. The molecule has 0 saturated carbocycles. The van der Waals surface area contributed by atoms with Gasteiger partial charge in [-0.3, -0.25) is 14.2 Å². The molecule has 2 aliphatic heterocycles. The molecule has 0 radical (unpaired) electrons. The van der Waals surface area contributed by atoms with Gasteiger partial charge in [0.15, 0.2) is 18.0 Å². The third kappa shape index (κ3) is 3.79. The van der Waals surface area contributed by atoms with Crippen molar-refractivity contribution < 1.29 is 23.1 Å². The van der Waals surface area contributed by atoms with Gasteiger partial charge >= 0.3 is 0 Å². The lowest BCUT2D eigenvalue weighted by Gasteiger charge is -2.42. The summed E-state index contributed by atoms with van der Waals surface area (Å²) < 4.78 is 35.4. The number of hydrogen-bond acceptors (Lipinski definition) is 4. The van der Waals surface area contributed by atoms with Crippen LogP contribution in [-0.2, 0) is 10.3 Å². The second kappa shape index (κ2) is 8.81. The van der Waals surface area contributed by atoms with Gasteiger partial charge in [0.25, 0.3) is 11.8 Å². The second-order valence-electron chi connectivity index (χ2n) is 9.14. The van der Waals surface area contributed by atoms with Crippen molar-refractivity contribution in [3.05, 3.63) is 100 Å². The van der Waals surface area contributed by atoms with Crippen LogP contribution < -0.4 is 0 Å². The number of piperidine rings is 1. The van der Waals surface area contributed by atoms with Crippen molar-refractivity contribution in [1.29, 1.82) is 0 Å². The number of para-hydroxylation sites is 1. The minimum atomic E-state index is -1.25. The first-order valence-electron chi connectivity index (χ1n) is 11.8. The fourth-order valence-electron chi connectivity index (χ4n) is 5.18. The summed E-state index contributed by atoms with van der Waals surface area (Å²) in [6.45, 7) is 0.849. The van der Waals surface area contributed by atoms with Crippen molar-refractivity contribution in [3.8, 4) is 0 Å². The van der Waals surface area contributed by atoms with E-state index in [0.717, 1.165) is 21.9 Å². The van der Waals surface area contributed by atoms with Crippen molar-refractivity contribution in [3.63, 3.8) is 0 Å². The van der Waals surface area contributed by atoms with Crippen LogP contribution in [0, 0.1) is 11.6 Å². The van der Waals surface area contributed by atoms with Gasteiger partial charge in [0.2, 0.25) is 0 Å². The van der Waals surface area contributed by atoms with E-state index in [0.29, 0.717) is 41.9 Å². The summed E-state index contributed by atoms with van der Waals surface area (Å²) in [6.07, 6.45) is 3.98. The maximum Gasteiger partial charge on any atom is 0.265 e. The standard InChI is InChI=1S/C28H20ClF2N3O3/c29-17-8-9-18-20(15-34(24(18)14-17)27(36)19-4-3-6-22(30)25(19)31)26(35)33-12-10-28(11-13-33)21-5-1-2-7-23(21)32-16-37-28/h1-9,14-16H,10-13H2. The molecular formula is C28H20ClF2N3O3. The number of fused-ring (bicyclic) bond motifs is 3. The molecule has 1 amide bonds. The molecule has 2 aliphatic rings. The van der Waals surface area contributed by atoms with Crippen molar-refractivity contribution in [2.45, 2.75) is 18.4 Å². The largest absolute Gasteiger partial charge is 0.472 e. The second-order valence-corrected chi connectivity index (χ2v) is 9.57. The lowest BCUT2D eigenvalue weighted by atomic mass is 9.82. The molecule has 0 atom stereocenters. The molecule has 6 nitrogen and oxygen atoms in total. The van der Waals surface area contributed by atoms with Crippen LogP contribution in [0.15, 0.2) is 71.9 Å². The zero-order valence-electron chi connectivity index (χ0n) is 19.5. The molecule has 6 rings (SSSR count). The first-order chi connectivity index (χ1) is 17.9. The van der Waals surface area contributed by atoms with E-state index in [4.69, 9.17) is 16.3 Å². The molecule has 0 unspecified atom stereocenters. The lowest BCUT2D eigenvalue weighted by molar-refractivity contribution is -0.00614. The Morgan fingerprint density at radius 2 is 1.73 bits per heavy atom. The normalized spacial score (nSPS) is 16.0. The maximum atomic E-state index is 14.4. The Morgan fingerprint density at radius 1 is 0.946 bits per heavy atom. The fraction of sp³-hybridized carbons (Fsp3) is 0.179. The average Bonchev–Trinajstić information content (AvgIpc) is 3.29. The third-order valence-corrected chi connectivity index (χ3v) is 7.36. The molecule has 3 aromatic carbocycles. The Hall–Kier alpha value is -4.04. The molecule has 1 saturated heterocycles. The molecule has 3 heterocycles. The van der Waals surface area contributed by atoms with Crippen molar-refractivity contribution in [2.75, 3.05) is 13.1 Å². The molecule has 9 heteroatoms. The van der Waals surface area contributed by atoms with E-state index in [1.807, 2.05) is 24.3 Å². The Kier molecular flexibility index (Phi) is 5.56. The quantitative estimate of drug-likeness (QED) is 0.322. The maximum absolute atomic E-state index is 14.4. The Balaban J connectivity index is 1.33. The predicted octanol–water partition coefficient (Wildman–Crippen LogP) is 6.08. The Labute approximate surface area is 215 Å². The molecule has 0 aliphatic carbocycles. The summed E-state index contributed by atoms with van der Waals surface area (Å²) >= 11 is 6.18. The van der Waals surface area contributed by atoms with E-state index >= 15 is 0 Å². The van der Waals surface area contributed by atoms with Gasteiger partial charge < -0.3 is 9.64 Å². The van der Waals surface area contributed by atoms with Crippen LogP contribution in [0.3, 0.4) is 0 Å². The first-order valence-corrected chi connectivity index (χ1v) is 12.1. The molecule has 1 fully saturated rings. The SMILES string of the molecule is O=C(c1cn(C(=O)c2cccc(F)c2F)c2cc(Cl)ccc12)N1CCC2(CC1)OC=Nc1ccccc12. The van der Waals surface area contributed by atoms with Crippen LogP contribution in [0.5, 0.6) is 0 Å². The number of aliphatic imine (C=N–C) groups is 1. The highest BCUT2D eigenvalue weighted by Crippen LogP contribution is 2.43. The summed E-state index contributed by atoms with van der Waals surface area (Å²) in [7, 11) is 0. The summed E-state index contributed by atoms with van der Waals surface area (Å²) in [5, 5.41) is 0.833. The van der Waals surface area contributed by atoms with Crippen molar-refractivity contribution in [1.82, 2.24) is 9.47 Å². The summed E-state index contributed by atoms with van der Waals surface area (Å²) in [6, 6.07) is 16.0. The van der Waals surface area contributed by atoms with E-state index < -0.39 is 28.7 Å². The molecule has 0 bridgehead atoms. The monoisotopic (exact) mass is 519 g/mol. The number of halogens is 3. The van der Waals surface area contributed by atoms with Gasteiger partial charge in [-0.05, 0) is 30.3 Å². The van der Waals surface area contributed by atoms with E-state index in [-0.39, 0.29) is 11.5 Å². The van der Waals surface area contributed by atoms with E-state index in [2.05, 4.69) is 4.99 Å². The molecular weight excluding hydrogens is 500 g/mol. The topological polar surface area (TPSA) is 63.9 Å². The number of benzene rings is 3. The van der Waals surface area contributed by atoms with E-state index in [9.17, 15) is 18.4 Å². The lowest BCUT2D eigenvalue weighted by Crippen LogP contribution is -2.47. The minimum Gasteiger partial charge on any atom is -0.472 e. The zero-order valence-corrected chi connectivity index (χ0v) is 20.2. The van der Waals surface area contributed by atoms with Gasteiger partial charge in [-0.1, -0.05) is 41.9 Å². The molecule has 1 spiro atoms. The highest BCUT2D eigenvalue weighted by Gasteiger charge is 2.42. The molecule has 186 valence electrons. The van der Waals surface area contributed by atoms with Crippen LogP contribution in [0.4, 0.5) is 14.5 Å². The summed E-state index contributed by atoms with van der Waals surface area (Å²) in [5.41, 5.74) is 1.47. The van der Waals surface area contributed by atoms with Gasteiger partial charge in [0.1, 0.15) is 5.60 Å². The molecule has 4 aromatic rings. The van der Waals surface area contributed by atoms with Gasteiger partial charge in [0.05, 0.1) is 22.3 Å². The van der Waals surface area contributed by atoms with Gasteiger partial charge in [-0.2, -0.15) is 0 Å². The minimum absolute atomic E-state index is 0.272. The molecule has 37 heavy (non-hydrogen) atoms. The fourth-order valence-corrected chi connectivity index (χ4v) is 5.35. The van der Waals surface area contributed by atoms with Gasteiger partial charge in [-0.25, -0.2) is 13.8 Å². The number of carbonyl (C=O) groups is 2. The van der Waals surface area contributed by atoms with Crippen LogP contribution >= 0.6 is 11.6 Å². The van der Waals surface area contributed by atoms with Crippen molar-refractivity contribution in [2.24, 2.45) is 4.99 Å². The van der Waals surface area contributed by atoms with E-state index in [1.54, 1.807) is 17.0 Å². The third-order valence-electron chi connectivity index (χ3n) is 7.12. The number of hydrogen-bond donors (Lipinski definition) is 0. The van der Waals surface area contributed by atoms with Gasteiger partial charge in [0, 0.05) is 48.1 Å². The van der Waals surface area contributed by atoms with E-state index in [1.165, 1.54) is 30.8 Å². The number of aromatic nitrogens is 1. The van der Waals surface area contributed by atoms with Crippen LogP contribution in [0.25, 0.3) is 10.9 Å². The molecule has 1 aromatic heterocycles. The smallest absolute Gasteiger partial charge is 0.265 e. The Bertz CT molecular complexity index is 1610. The number of ether oxygens (including phenoxy) is 1. The average molecular weight is 520 g/mol. The highest BCUT2D eigenvalue weighted by molar-refractivity contribution is 6.31. The van der Waals surface area contributed by atoms with Crippen LogP contribution in [0.1, 0.15) is 39.1 Å². The number of likely N-dealkylation sites (tertiary alicyclic amines) is 1. The van der Waals surface area contributed by atoms with Crippen molar-refractivity contribution >= 4 is 46.4 Å². The number of carbonyl (C=O) groups excluding carboxylic acids is 2. The zero-order chi connectivity index (χ0) is 25.7. The van der Waals surface area contributed by atoms with Crippen LogP contribution in [-0.4, -0.2) is 40.8 Å². The van der Waals surface area contributed by atoms with Gasteiger partial charge in [-0.15, -0.1) is 0 Å².